The molecule has 1 N–H and O–H groups in total. The average molecular weight is 394 g/mol. The Morgan fingerprint density at radius 2 is 2.07 bits per heavy atom. The highest BCUT2D eigenvalue weighted by atomic mass is 15.4. The number of hydrogen-bond donors (Lipinski definition) is 1. The van der Waals surface area contributed by atoms with Crippen LogP contribution in [0.25, 0.3) is 5.69 Å². The number of hydrogen-bond acceptors (Lipinski definition) is 4. The molecule has 7 heteroatoms. The number of guanidine groups is 1. The standard InChI is InChI=1S/C22H31N7/c1-23-22(25-14-18-3-2-4-20(12-18)29-16-24-15-26-29)28-9-7-27(8-10-28)21-13-17-5-6-19(21)11-17/h2-4,12,15-17,19,21H,5-11,13-14H2,1H3,(H,23,25). The molecule has 0 radical (unpaired) electrons. The number of rotatable bonds is 4. The molecule has 2 saturated carbocycles. The van der Waals surface area contributed by atoms with Gasteiger partial charge in [0.2, 0.25) is 0 Å². The summed E-state index contributed by atoms with van der Waals surface area (Å²) in [6, 6.07) is 9.23. The maximum absolute atomic E-state index is 4.55. The van der Waals surface area contributed by atoms with Crippen molar-refractivity contribution in [3.63, 3.8) is 0 Å². The second-order valence-corrected chi connectivity index (χ2v) is 8.68. The van der Waals surface area contributed by atoms with Crippen LogP contribution in [0.4, 0.5) is 0 Å². The Kier molecular flexibility index (Phi) is 5.23. The van der Waals surface area contributed by atoms with Crippen LogP contribution in [-0.4, -0.2) is 69.8 Å². The van der Waals surface area contributed by atoms with E-state index in [2.05, 4.69) is 48.4 Å². The fourth-order valence-corrected chi connectivity index (χ4v) is 5.59. The number of benzene rings is 1. The molecule has 29 heavy (non-hydrogen) atoms. The molecule has 3 fully saturated rings. The molecule has 1 aliphatic heterocycles. The second-order valence-electron chi connectivity index (χ2n) is 8.68. The van der Waals surface area contributed by atoms with E-state index in [-0.39, 0.29) is 0 Å². The Morgan fingerprint density at radius 3 is 2.76 bits per heavy atom. The number of nitrogens with one attached hydrogen (secondary N) is 1. The molecule has 0 amide bonds. The highest BCUT2D eigenvalue weighted by Crippen LogP contribution is 2.46. The lowest BCUT2D eigenvalue weighted by Crippen LogP contribution is -2.55. The van der Waals surface area contributed by atoms with Gasteiger partial charge in [0, 0.05) is 45.8 Å². The Balaban J connectivity index is 1.15. The van der Waals surface area contributed by atoms with Crippen LogP contribution in [0.5, 0.6) is 0 Å². The second kappa shape index (κ2) is 8.14. The van der Waals surface area contributed by atoms with E-state index in [4.69, 9.17) is 0 Å². The van der Waals surface area contributed by atoms with Crippen molar-refractivity contribution in [2.24, 2.45) is 16.8 Å². The maximum Gasteiger partial charge on any atom is 0.194 e. The third-order valence-corrected chi connectivity index (χ3v) is 7.04. The molecule has 2 aliphatic carbocycles. The Hall–Kier alpha value is -2.41. The zero-order valence-corrected chi connectivity index (χ0v) is 17.2. The molecule has 3 aliphatic rings. The normalized spacial score (nSPS) is 27.6. The number of aromatic nitrogens is 3. The minimum absolute atomic E-state index is 0.752. The van der Waals surface area contributed by atoms with Crippen molar-refractivity contribution in [2.45, 2.75) is 38.3 Å². The summed E-state index contributed by atoms with van der Waals surface area (Å²) in [4.78, 5) is 13.7. The molecule has 7 nitrogen and oxygen atoms in total. The van der Waals surface area contributed by atoms with Gasteiger partial charge in [0.15, 0.2) is 5.96 Å². The van der Waals surface area contributed by atoms with E-state index in [1.165, 1.54) is 31.2 Å². The van der Waals surface area contributed by atoms with Crippen molar-refractivity contribution >= 4 is 5.96 Å². The largest absolute Gasteiger partial charge is 0.352 e. The summed E-state index contributed by atoms with van der Waals surface area (Å²) in [6.45, 7) is 5.20. The summed E-state index contributed by atoms with van der Waals surface area (Å²) in [6.07, 6.45) is 9.16. The van der Waals surface area contributed by atoms with Gasteiger partial charge in [-0.3, -0.25) is 9.89 Å². The van der Waals surface area contributed by atoms with Gasteiger partial charge in [-0.2, -0.15) is 5.10 Å². The minimum Gasteiger partial charge on any atom is -0.352 e. The number of nitrogens with zero attached hydrogens (tertiary/aromatic N) is 6. The van der Waals surface area contributed by atoms with Gasteiger partial charge >= 0.3 is 0 Å². The van der Waals surface area contributed by atoms with Crippen LogP contribution >= 0.6 is 0 Å². The Bertz CT molecular complexity index is 839. The number of piperazine rings is 1. The van der Waals surface area contributed by atoms with Crippen LogP contribution in [0.15, 0.2) is 41.9 Å². The van der Waals surface area contributed by atoms with Crippen molar-refractivity contribution in [3.8, 4) is 5.69 Å². The van der Waals surface area contributed by atoms with E-state index in [9.17, 15) is 0 Å². The smallest absolute Gasteiger partial charge is 0.194 e. The predicted molar refractivity (Wildman–Crippen MR) is 114 cm³/mol. The van der Waals surface area contributed by atoms with Crippen molar-refractivity contribution in [2.75, 3.05) is 33.2 Å². The number of aliphatic imine (C=N–C) groups is 1. The topological polar surface area (TPSA) is 61.6 Å². The zero-order chi connectivity index (χ0) is 19.6. The Morgan fingerprint density at radius 1 is 1.17 bits per heavy atom. The van der Waals surface area contributed by atoms with Crippen molar-refractivity contribution in [3.05, 3.63) is 42.5 Å². The van der Waals surface area contributed by atoms with E-state index < -0.39 is 0 Å². The van der Waals surface area contributed by atoms with E-state index >= 15 is 0 Å². The lowest BCUT2D eigenvalue weighted by Gasteiger charge is -2.42. The molecule has 3 atom stereocenters. The van der Waals surface area contributed by atoms with E-state index in [0.29, 0.717) is 0 Å². The van der Waals surface area contributed by atoms with Crippen LogP contribution in [0, 0.1) is 11.8 Å². The molecule has 5 rings (SSSR count). The molecular weight excluding hydrogens is 362 g/mol. The van der Waals surface area contributed by atoms with Crippen molar-refractivity contribution < 1.29 is 0 Å². The molecule has 2 heterocycles. The van der Waals surface area contributed by atoms with Gasteiger partial charge < -0.3 is 10.2 Å². The van der Waals surface area contributed by atoms with Gasteiger partial charge in [-0.05, 0) is 48.8 Å². The summed E-state index contributed by atoms with van der Waals surface area (Å²) in [5.74, 6) is 3.00. The lowest BCUT2D eigenvalue weighted by molar-refractivity contribution is 0.0958. The maximum atomic E-state index is 4.55. The molecule has 3 unspecified atom stereocenters. The predicted octanol–water partition coefficient (Wildman–Crippen LogP) is 2.15. The minimum atomic E-state index is 0.752. The van der Waals surface area contributed by atoms with E-state index in [0.717, 1.165) is 62.2 Å². The summed E-state index contributed by atoms with van der Waals surface area (Å²) in [5.41, 5.74) is 2.23. The van der Waals surface area contributed by atoms with Crippen LogP contribution in [0.3, 0.4) is 0 Å². The van der Waals surface area contributed by atoms with Crippen LogP contribution < -0.4 is 5.32 Å². The average Bonchev–Trinajstić information content (AvgIpc) is 3.53. The fraction of sp³-hybridized carbons (Fsp3) is 0.591. The van der Waals surface area contributed by atoms with E-state index in [1.807, 2.05) is 13.1 Å². The number of fused-ring (bicyclic) bond motifs is 2. The SMILES string of the molecule is CN=C(NCc1cccc(-n2cncn2)c1)N1CCN(C2CC3CCC2C3)CC1. The van der Waals surface area contributed by atoms with Gasteiger partial charge in [0.25, 0.3) is 0 Å². The van der Waals surface area contributed by atoms with Crippen LogP contribution in [0.2, 0.25) is 0 Å². The van der Waals surface area contributed by atoms with Gasteiger partial charge in [-0.15, -0.1) is 0 Å². The molecule has 0 spiro atoms. The van der Waals surface area contributed by atoms with Gasteiger partial charge in [0.1, 0.15) is 12.7 Å². The van der Waals surface area contributed by atoms with Gasteiger partial charge in [0.05, 0.1) is 5.69 Å². The molecule has 1 saturated heterocycles. The summed E-state index contributed by atoms with van der Waals surface area (Å²) >= 11 is 0. The Labute approximate surface area is 172 Å². The quantitative estimate of drug-likeness (QED) is 0.637. The van der Waals surface area contributed by atoms with E-state index in [1.54, 1.807) is 17.3 Å². The first kappa shape index (κ1) is 18.6. The molecular formula is C22H31N7. The highest BCUT2D eigenvalue weighted by Gasteiger charge is 2.42. The molecule has 154 valence electrons. The first-order valence-electron chi connectivity index (χ1n) is 10.9. The molecule has 2 bridgehead atoms. The first-order chi connectivity index (χ1) is 14.3. The van der Waals surface area contributed by atoms with Crippen molar-refractivity contribution in [1.29, 1.82) is 0 Å². The third-order valence-electron chi connectivity index (χ3n) is 7.04. The van der Waals surface area contributed by atoms with Crippen LogP contribution in [-0.2, 0) is 6.54 Å². The summed E-state index contributed by atoms with van der Waals surface area (Å²) in [7, 11) is 1.89. The fourth-order valence-electron chi connectivity index (χ4n) is 5.59. The zero-order valence-electron chi connectivity index (χ0n) is 17.2. The molecule has 1 aromatic heterocycles. The molecule has 2 aromatic rings. The third kappa shape index (κ3) is 3.88. The molecule has 1 aromatic carbocycles. The van der Waals surface area contributed by atoms with Crippen LogP contribution in [0.1, 0.15) is 31.2 Å². The van der Waals surface area contributed by atoms with Gasteiger partial charge in [-0.25, -0.2) is 9.67 Å². The highest BCUT2D eigenvalue weighted by molar-refractivity contribution is 5.80. The summed E-state index contributed by atoms with van der Waals surface area (Å²) in [5, 5.41) is 7.77. The summed E-state index contributed by atoms with van der Waals surface area (Å²) < 4.78 is 1.78. The first-order valence-corrected chi connectivity index (χ1v) is 10.9. The lowest BCUT2D eigenvalue weighted by atomic mass is 9.93. The van der Waals surface area contributed by atoms with Crippen molar-refractivity contribution in [1.82, 2.24) is 29.9 Å². The monoisotopic (exact) mass is 393 g/mol. The van der Waals surface area contributed by atoms with Gasteiger partial charge in [-0.1, -0.05) is 18.6 Å².